The number of aromatic nitrogens is 1. The van der Waals surface area contributed by atoms with E-state index in [2.05, 4.69) is 20.9 Å². The molecule has 0 spiro atoms. The Kier molecular flexibility index (Phi) is 4.31. The minimum atomic E-state index is -0.483. The molecule has 20 heavy (non-hydrogen) atoms. The quantitative estimate of drug-likeness (QED) is 0.680. The van der Waals surface area contributed by atoms with Gasteiger partial charge in [0, 0.05) is 28.8 Å². The molecule has 0 radical (unpaired) electrons. The summed E-state index contributed by atoms with van der Waals surface area (Å²) < 4.78 is 6.10. The van der Waals surface area contributed by atoms with E-state index >= 15 is 0 Å². The van der Waals surface area contributed by atoms with Gasteiger partial charge in [0.15, 0.2) is 0 Å². The zero-order valence-electron chi connectivity index (χ0n) is 10.6. The number of rotatable bonds is 4. The lowest BCUT2D eigenvalue weighted by molar-refractivity contribution is -0.385. The van der Waals surface area contributed by atoms with Gasteiger partial charge in [-0.1, -0.05) is 15.9 Å². The van der Waals surface area contributed by atoms with Gasteiger partial charge in [0.1, 0.15) is 5.75 Å². The number of nitro groups is 1. The predicted molar refractivity (Wildman–Crippen MR) is 77.7 cm³/mol. The maximum atomic E-state index is 10.8. The fourth-order valence-corrected chi connectivity index (χ4v) is 2.06. The van der Waals surface area contributed by atoms with Crippen LogP contribution in [-0.2, 0) is 0 Å². The summed E-state index contributed by atoms with van der Waals surface area (Å²) >= 11 is 3.21. The van der Waals surface area contributed by atoms with Crippen molar-refractivity contribution in [1.29, 1.82) is 0 Å². The monoisotopic (exact) mass is 337 g/mol. The Morgan fingerprint density at radius 1 is 1.40 bits per heavy atom. The SMILES string of the molecule is C[C@@H](N)c1ccnc(Oc2cc(Br)cc([N+](=O)[O-])c2)c1. The Bertz CT molecular complexity index is 647. The highest BCUT2D eigenvalue weighted by Crippen LogP contribution is 2.29. The second kappa shape index (κ2) is 5.98. The third-order valence-electron chi connectivity index (χ3n) is 2.57. The minimum absolute atomic E-state index is 0.0577. The fraction of sp³-hybridized carbons (Fsp3) is 0.154. The molecule has 1 heterocycles. The van der Waals surface area contributed by atoms with Gasteiger partial charge in [-0.3, -0.25) is 10.1 Å². The van der Waals surface area contributed by atoms with Crippen molar-refractivity contribution in [2.24, 2.45) is 5.73 Å². The first-order valence-corrected chi connectivity index (χ1v) is 6.59. The topological polar surface area (TPSA) is 91.3 Å². The number of ether oxygens (including phenoxy) is 1. The van der Waals surface area contributed by atoms with E-state index in [0.29, 0.717) is 16.1 Å². The molecule has 0 aliphatic heterocycles. The van der Waals surface area contributed by atoms with Crippen LogP contribution < -0.4 is 10.5 Å². The second-order valence-electron chi connectivity index (χ2n) is 4.22. The average Bonchev–Trinajstić information content (AvgIpc) is 2.38. The van der Waals surface area contributed by atoms with E-state index in [1.54, 1.807) is 24.4 Å². The molecule has 0 saturated carbocycles. The summed E-state index contributed by atoms with van der Waals surface area (Å²) in [5.74, 6) is 0.674. The maximum Gasteiger partial charge on any atom is 0.274 e. The van der Waals surface area contributed by atoms with Crippen molar-refractivity contribution in [3.8, 4) is 11.6 Å². The maximum absolute atomic E-state index is 10.8. The molecule has 104 valence electrons. The highest BCUT2D eigenvalue weighted by Gasteiger charge is 2.11. The van der Waals surface area contributed by atoms with Crippen molar-refractivity contribution in [3.63, 3.8) is 0 Å². The molecule has 0 saturated heterocycles. The number of pyridine rings is 1. The number of benzene rings is 1. The number of nitrogens with zero attached hydrogens (tertiary/aromatic N) is 2. The van der Waals surface area contributed by atoms with Crippen molar-refractivity contribution in [3.05, 3.63) is 56.7 Å². The molecule has 0 amide bonds. The molecule has 0 fully saturated rings. The fourth-order valence-electron chi connectivity index (χ4n) is 1.60. The van der Waals surface area contributed by atoms with Gasteiger partial charge in [-0.25, -0.2) is 4.98 Å². The zero-order chi connectivity index (χ0) is 14.7. The van der Waals surface area contributed by atoms with Crippen LogP contribution in [0.4, 0.5) is 5.69 Å². The number of halogens is 1. The van der Waals surface area contributed by atoms with E-state index in [1.165, 1.54) is 12.1 Å². The molecular formula is C13H12BrN3O3. The molecule has 2 rings (SSSR count). The van der Waals surface area contributed by atoms with Crippen LogP contribution in [0.5, 0.6) is 11.6 Å². The van der Waals surface area contributed by atoms with E-state index in [-0.39, 0.29) is 11.7 Å². The standard InChI is InChI=1S/C13H12BrN3O3/c1-8(15)9-2-3-16-13(4-9)20-12-6-10(14)5-11(7-12)17(18)19/h2-8H,15H2,1H3/t8-/m1/s1. The Balaban J connectivity index is 2.30. The third-order valence-corrected chi connectivity index (χ3v) is 3.03. The molecule has 0 aliphatic carbocycles. The smallest absolute Gasteiger partial charge is 0.274 e. The van der Waals surface area contributed by atoms with Crippen LogP contribution in [0.15, 0.2) is 41.0 Å². The van der Waals surface area contributed by atoms with Gasteiger partial charge in [0.05, 0.1) is 11.0 Å². The van der Waals surface area contributed by atoms with Crippen molar-refractivity contribution in [1.82, 2.24) is 4.98 Å². The van der Waals surface area contributed by atoms with Gasteiger partial charge in [-0.15, -0.1) is 0 Å². The summed E-state index contributed by atoms with van der Waals surface area (Å²) in [4.78, 5) is 14.4. The number of nitrogens with two attached hydrogens (primary N) is 1. The molecule has 0 aliphatic rings. The van der Waals surface area contributed by atoms with Crippen LogP contribution in [0.1, 0.15) is 18.5 Å². The molecule has 6 nitrogen and oxygen atoms in total. The Hall–Kier alpha value is -1.99. The van der Waals surface area contributed by atoms with E-state index in [9.17, 15) is 10.1 Å². The van der Waals surface area contributed by atoms with Gasteiger partial charge in [0.25, 0.3) is 5.69 Å². The minimum Gasteiger partial charge on any atom is -0.439 e. The normalized spacial score (nSPS) is 11.9. The summed E-state index contributed by atoms with van der Waals surface area (Å²) in [6.07, 6.45) is 1.58. The van der Waals surface area contributed by atoms with Crippen molar-refractivity contribution in [2.75, 3.05) is 0 Å². The van der Waals surface area contributed by atoms with Gasteiger partial charge < -0.3 is 10.5 Å². The molecule has 1 aromatic heterocycles. The van der Waals surface area contributed by atoms with Crippen LogP contribution in [0, 0.1) is 10.1 Å². The third kappa shape index (κ3) is 3.52. The van der Waals surface area contributed by atoms with Crippen molar-refractivity contribution < 1.29 is 9.66 Å². The van der Waals surface area contributed by atoms with Gasteiger partial charge in [-0.05, 0) is 24.6 Å². The molecule has 2 aromatic rings. The molecule has 0 bridgehead atoms. The lowest BCUT2D eigenvalue weighted by Gasteiger charge is -2.09. The van der Waals surface area contributed by atoms with Crippen molar-refractivity contribution >= 4 is 21.6 Å². The van der Waals surface area contributed by atoms with Gasteiger partial charge in [-0.2, -0.15) is 0 Å². The molecule has 1 aromatic carbocycles. The summed E-state index contributed by atoms with van der Waals surface area (Å²) in [5, 5.41) is 10.8. The number of non-ortho nitro benzene ring substituents is 1. The largest absolute Gasteiger partial charge is 0.439 e. The van der Waals surface area contributed by atoms with Crippen molar-refractivity contribution in [2.45, 2.75) is 13.0 Å². The Morgan fingerprint density at radius 2 is 2.15 bits per heavy atom. The highest BCUT2D eigenvalue weighted by atomic mass is 79.9. The first kappa shape index (κ1) is 14.4. The molecule has 1 atom stereocenters. The second-order valence-corrected chi connectivity index (χ2v) is 5.14. The van der Waals surface area contributed by atoms with Gasteiger partial charge >= 0.3 is 0 Å². The summed E-state index contributed by atoms with van der Waals surface area (Å²) in [5.41, 5.74) is 6.60. The molecular weight excluding hydrogens is 326 g/mol. The average molecular weight is 338 g/mol. The van der Waals surface area contributed by atoms with Crippen LogP contribution in [-0.4, -0.2) is 9.91 Å². The number of nitro benzene ring substituents is 1. The lowest BCUT2D eigenvalue weighted by atomic mass is 10.1. The van der Waals surface area contributed by atoms with Crippen LogP contribution in [0.2, 0.25) is 0 Å². The lowest BCUT2D eigenvalue weighted by Crippen LogP contribution is -2.05. The van der Waals surface area contributed by atoms with Crippen LogP contribution >= 0.6 is 15.9 Å². The summed E-state index contributed by atoms with van der Waals surface area (Å²) in [7, 11) is 0. The Labute approximate surface area is 123 Å². The van der Waals surface area contributed by atoms with E-state index in [1.807, 2.05) is 6.92 Å². The number of hydrogen-bond donors (Lipinski definition) is 1. The summed E-state index contributed by atoms with van der Waals surface area (Å²) in [6.45, 7) is 1.85. The van der Waals surface area contributed by atoms with E-state index in [0.717, 1.165) is 5.56 Å². The van der Waals surface area contributed by atoms with Crippen LogP contribution in [0.25, 0.3) is 0 Å². The molecule has 2 N–H and O–H groups in total. The summed E-state index contributed by atoms with van der Waals surface area (Å²) in [6, 6.07) is 7.73. The predicted octanol–water partition coefficient (Wildman–Crippen LogP) is 3.56. The van der Waals surface area contributed by atoms with E-state index < -0.39 is 4.92 Å². The molecule has 0 unspecified atom stereocenters. The van der Waals surface area contributed by atoms with E-state index in [4.69, 9.17) is 10.5 Å². The molecule has 7 heteroatoms. The highest BCUT2D eigenvalue weighted by molar-refractivity contribution is 9.10. The first-order valence-electron chi connectivity index (χ1n) is 5.80. The Morgan fingerprint density at radius 3 is 2.80 bits per heavy atom. The number of hydrogen-bond acceptors (Lipinski definition) is 5. The first-order chi connectivity index (χ1) is 9.45. The zero-order valence-corrected chi connectivity index (χ0v) is 12.2. The van der Waals surface area contributed by atoms with Crippen LogP contribution in [0.3, 0.4) is 0 Å². The van der Waals surface area contributed by atoms with Gasteiger partial charge in [0.2, 0.25) is 5.88 Å².